The third-order valence-electron chi connectivity index (χ3n) is 3.21. The molecule has 0 aromatic carbocycles. The molecule has 0 rings (SSSR count). The van der Waals surface area contributed by atoms with Gasteiger partial charge in [0, 0.05) is 34.1 Å². The molecule has 0 fully saturated rings. The fourth-order valence-corrected chi connectivity index (χ4v) is 0.764. The van der Waals surface area contributed by atoms with Gasteiger partial charge in [0.2, 0.25) is 0 Å². The quantitative estimate of drug-likeness (QED) is 0.487. The van der Waals surface area contributed by atoms with E-state index in [0.717, 1.165) is 0 Å². The van der Waals surface area contributed by atoms with Crippen molar-refractivity contribution >= 4 is 17.3 Å². The van der Waals surface area contributed by atoms with Gasteiger partial charge in [-0.25, -0.2) is 0 Å². The topological polar surface area (TPSA) is 112 Å². The predicted octanol–water partition coefficient (Wildman–Crippen LogP) is 4.28. The molecule has 144 valence electrons. The minimum Gasteiger partial charge on any atom is -0.512 e. The van der Waals surface area contributed by atoms with Gasteiger partial charge in [-0.1, -0.05) is 0 Å². The number of aliphatic hydroxyl groups is 3. The number of Topliss-reactive ketones (excluding diaryl/α,β-unsaturated/α-hetero) is 3. The minimum atomic E-state index is -0.0787. The molecule has 0 bridgehead atoms. The fraction of sp³-hybridized carbons (Fsp3) is 0.500. The molecule has 0 unspecified atom stereocenters. The Hall–Kier alpha value is -1.84. The molecule has 0 amide bonds. The normalized spacial score (nSPS) is 12.4. The van der Waals surface area contributed by atoms with Crippen molar-refractivity contribution in [2.24, 2.45) is 0 Å². The Morgan fingerprint density at radius 1 is 0.440 bits per heavy atom. The first kappa shape index (κ1) is 31.0. The first-order valence-corrected chi connectivity index (χ1v) is 7.28. The molecular weight excluding hydrogens is 364 g/mol. The molecule has 0 aromatic heterocycles. The molecule has 3 N–H and O–H groups in total. The molecule has 0 aromatic rings. The van der Waals surface area contributed by atoms with E-state index in [0.29, 0.717) is 16.7 Å². The summed E-state index contributed by atoms with van der Waals surface area (Å²) in [5, 5.41) is 26.0. The second-order valence-electron chi connectivity index (χ2n) is 5.30. The van der Waals surface area contributed by atoms with Crippen molar-refractivity contribution < 1.29 is 47.1 Å². The SMILES string of the molecule is CC(=O)/C(C)=C(/C)O.CC(=O)/C(C)=C(/C)O.CC(=O)/C(C)=C(/C)O.[Cr]. The molecule has 0 atom stereocenters. The van der Waals surface area contributed by atoms with Crippen molar-refractivity contribution in [2.75, 3.05) is 0 Å². The van der Waals surface area contributed by atoms with E-state index in [-0.39, 0.29) is 52.0 Å². The summed E-state index contributed by atoms with van der Waals surface area (Å²) in [7, 11) is 0. The van der Waals surface area contributed by atoms with Gasteiger partial charge in [0.15, 0.2) is 17.3 Å². The Morgan fingerprint density at radius 3 is 0.560 bits per heavy atom. The van der Waals surface area contributed by atoms with Gasteiger partial charge in [-0.3, -0.25) is 14.4 Å². The molecule has 6 nitrogen and oxygen atoms in total. The Bertz CT molecular complexity index is 475. The second-order valence-corrected chi connectivity index (χ2v) is 5.30. The van der Waals surface area contributed by atoms with Crippen LogP contribution < -0.4 is 0 Å². The van der Waals surface area contributed by atoms with Crippen LogP contribution in [0.1, 0.15) is 62.3 Å². The average molecular weight is 394 g/mol. The minimum absolute atomic E-state index is 0. The molecule has 0 saturated carbocycles. The summed E-state index contributed by atoms with van der Waals surface area (Å²) in [4.78, 5) is 31.1. The van der Waals surface area contributed by atoms with E-state index in [1.807, 2.05) is 0 Å². The van der Waals surface area contributed by atoms with Crippen LogP contribution in [0.25, 0.3) is 0 Å². The molecule has 0 heterocycles. The van der Waals surface area contributed by atoms with Gasteiger partial charge in [-0.2, -0.15) is 0 Å². The first-order valence-electron chi connectivity index (χ1n) is 7.28. The zero-order valence-electron chi connectivity index (χ0n) is 16.5. The van der Waals surface area contributed by atoms with Crippen molar-refractivity contribution in [2.45, 2.75) is 62.3 Å². The van der Waals surface area contributed by atoms with E-state index in [1.165, 1.54) is 41.5 Å². The summed E-state index contributed by atoms with van der Waals surface area (Å²) in [5.41, 5.74) is 1.31. The van der Waals surface area contributed by atoms with Crippen molar-refractivity contribution in [1.29, 1.82) is 0 Å². The van der Waals surface area contributed by atoms with Gasteiger partial charge in [0.05, 0.1) is 17.3 Å². The molecule has 0 aliphatic rings. The summed E-state index contributed by atoms with van der Waals surface area (Å²) < 4.78 is 0. The Kier molecular flexibility index (Phi) is 19.4. The number of rotatable bonds is 3. The Labute approximate surface area is 161 Å². The van der Waals surface area contributed by atoms with Crippen LogP contribution in [0.15, 0.2) is 34.0 Å². The van der Waals surface area contributed by atoms with Crippen molar-refractivity contribution in [1.82, 2.24) is 0 Å². The smallest absolute Gasteiger partial charge is 0.158 e. The number of hydrogen-bond acceptors (Lipinski definition) is 6. The number of ketones is 3. The van der Waals surface area contributed by atoms with Crippen molar-refractivity contribution in [3.05, 3.63) is 34.0 Å². The van der Waals surface area contributed by atoms with Gasteiger partial charge >= 0.3 is 0 Å². The van der Waals surface area contributed by atoms with Crippen molar-refractivity contribution in [3.8, 4) is 0 Å². The maximum atomic E-state index is 10.4. The van der Waals surface area contributed by atoms with Gasteiger partial charge in [-0.05, 0) is 62.3 Å². The third kappa shape index (κ3) is 18.3. The Morgan fingerprint density at radius 2 is 0.560 bits per heavy atom. The monoisotopic (exact) mass is 394 g/mol. The predicted molar refractivity (Wildman–Crippen MR) is 95.1 cm³/mol. The maximum absolute atomic E-state index is 10.4. The summed E-state index contributed by atoms with van der Waals surface area (Å²) in [6, 6.07) is 0. The van der Waals surface area contributed by atoms with Crippen LogP contribution in [0.3, 0.4) is 0 Å². The molecule has 25 heavy (non-hydrogen) atoms. The van der Waals surface area contributed by atoms with Crippen LogP contribution in [-0.4, -0.2) is 32.7 Å². The van der Waals surface area contributed by atoms with E-state index >= 15 is 0 Å². The standard InChI is InChI=1S/3C6H10O2.Cr/c3*1-4(5(2)7)6(3)8;/h3*7H,1-3H3;/b3*5-4-;. The first-order chi connectivity index (χ1) is 10.7. The molecule has 7 heteroatoms. The Balaban J connectivity index is -0.000000130. The van der Waals surface area contributed by atoms with E-state index < -0.39 is 0 Å². The molecular formula is C18H30CrO6. The molecule has 0 spiro atoms. The number of carbonyl (C=O) groups is 3. The third-order valence-corrected chi connectivity index (χ3v) is 3.21. The summed E-state index contributed by atoms with van der Waals surface area (Å²) in [5.74, 6) is 0.0903. The summed E-state index contributed by atoms with van der Waals surface area (Å²) in [6.07, 6.45) is 0. The van der Waals surface area contributed by atoms with Gasteiger partial charge in [-0.15, -0.1) is 0 Å². The molecule has 0 radical (unpaired) electrons. The number of carbonyl (C=O) groups excluding carboxylic acids is 3. The van der Waals surface area contributed by atoms with E-state index in [4.69, 9.17) is 15.3 Å². The second kappa shape index (κ2) is 15.7. The number of allylic oxidation sites excluding steroid dienone is 6. The summed E-state index contributed by atoms with van der Waals surface area (Å²) >= 11 is 0. The number of aliphatic hydroxyl groups excluding tert-OH is 3. The van der Waals surface area contributed by atoms with Crippen LogP contribution >= 0.6 is 0 Å². The number of hydrogen-bond donors (Lipinski definition) is 3. The van der Waals surface area contributed by atoms with Crippen molar-refractivity contribution in [3.63, 3.8) is 0 Å². The fourth-order valence-electron chi connectivity index (χ4n) is 0.764. The van der Waals surface area contributed by atoms with E-state index in [9.17, 15) is 14.4 Å². The van der Waals surface area contributed by atoms with E-state index in [2.05, 4.69) is 0 Å². The van der Waals surface area contributed by atoms with E-state index in [1.54, 1.807) is 20.8 Å². The molecule has 0 aliphatic carbocycles. The van der Waals surface area contributed by atoms with Gasteiger partial charge < -0.3 is 15.3 Å². The van der Waals surface area contributed by atoms with Gasteiger partial charge in [0.25, 0.3) is 0 Å². The van der Waals surface area contributed by atoms with Gasteiger partial charge in [0.1, 0.15) is 0 Å². The van der Waals surface area contributed by atoms with Crippen LogP contribution in [0.4, 0.5) is 0 Å². The summed E-state index contributed by atoms with van der Waals surface area (Å²) in [6.45, 7) is 13.6. The molecule has 0 aliphatic heterocycles. The molecule has 0 saturated heterocycles. The van der Waals surface area contributed by atoms with Crippen LogP contribution in [0, 0.1) is 0 Å². The van der Waals surface area contributed by atoms with Crippen LogP contribution in [0.5, 0.6) is 0 Å². The van der Waals surface area contributed by atoms with Crippen LogP contribution in [-0.2, 0) is 31.7 Å². The largest absolute Gasteiger partial charge is 0.512 e. The maximum Gasteiger partial charge on any atom is 0.158 e. The zero-order chi connectivity index (χ0) is 20.2. The average Bonchev–Trinajstić information content (AvgIpc) is 2.45. The van der Waals surface area contributed by atoms with Crippen LogP contribution in [0.2, 0.25) is 0 Å². The zero-order valence-corrected chi connectivity index (χ0v) is 17.7.